The highest BCUT2D eigenvalue weighted by Crippen LogP contribution is 2.24. The van der Waals surface area contributed by atoms with Gasteiger partial charge in [0.05, 0.1) is 10.0 Å². The molecule has 0 aromatic heterocycles. The van der Waals surface area contributed by atoms with E-state index in [9.17, 15) is 4.39 Å². The van der Waals surface area contributed by atoms with Gasteiger partial charge in [0.25, 0.3) is 0 Å². The minimum atomic E-state index is -0.325. The Bertz CT molecular complexity index is 208. The molecule has 0 nitrogen and oxygen atoms in total. The van der Waals surface area contributed by atoms with E-state index >= 15 is 0 Å². The Labute approximate surface area is 68.6 Å². The first kappa shape index (κ1) is 7.83. The van der Waals surface area contributed by atoms with Gasteiger partial charge in [-0.3, -0.25) is 0 Å². The van der Waals surface area contributed by atoms with E-state index in [1.807, 2.05) is 0 Å². The molecule has 0 aliphatic heterocycles. The lowest BCUT2D eigenvalue weighted by molar-refractivity contribution is 0.618. The Balaban J connectivity index is 3.28. The minimum absolute atomic E-state index is 0.254. The number of hydrogen-bond donors (Lipinski definition) is 0. The van der Waals surface area contributed by atoms with Crippen molar-refractivity contribution in [2.45, 2.75) is 6.92 Å². The van der Waals surface area contributed by atoms with E-state index in [2.05, 4.69) is 0 Å². The van der Waals surface area contributed by atoms with Crippen LogP contribution in [0.4, 0.5) is 4.39 Å². The van der Waals surface area contributed by atoms with Crippen LogP contribution in [0.25, 0.3) is 0 Å². The Morgan fingerprint density at radius 1 is 1.20 bits per heavy atom. The Morgan fingerprint density at radius 3 is 2.20 bits per heavy atom. The lowest BCUT2D eigenvalue weighted by Crippen LogP contribution is -1.81. The van der Waals surface area contributed by atoms with Gasteiger partial charge in [-0.15, -0.1) is 0 Å². The second kappa shape index (κ2) is 2.77. The molecule has 0 saturated carbocycles. The zero-order chi connectivity index (χ0) is 7.72. The zero-order valence-corrected chi connectivity index (χ0v) is 6.80. The van der Waals surface area contributed by atoms with Crippen molar-refractivity contribution in [1.29, 1.82) is 0 Å². The number of rotatable bonds is 0. The quantitative estimate of drug-likeness (QED) is 0.535. The van der Waals surface area contributed by atoms with Gasteiger partial charge >= 0.3 is 0 Å². The molecule has 0 spiro atoms. The molecule has 1 aromatic rings. The molecule has 0 atom stereocenters. The molecular weight excluding hydrogens is 174 g/mol. The molecule has 0 fully saturated rings. The second-order valence-corrected chi connectivity index (χ2v) is 2.83. The summed E-state index contributed by atoms with van der Waals surface area (Å²) in [6.07, 6.45) is 0. The first-order valence-corrected chi connectivity index (χ1v) is 3.48. The van der Waals surface area contributed by atoms with Gasteiger partial charge < -0.3 is 0 Å². The second-order valence-electron chi connectivity index (χ2n) is 2.02. The van der Waals surface area contributed by atoms with Gasteiger partial charge in [0, 0.05) is 0 Å². The maximum Gasteiger partial charge on any atom is 0.127 e. The summed E-state index contributed by atoms with van der Waals surface area (Å²) in [7, 11) is 0. The number of halogens is 3. The van der Waals surface area contributed by atoms with Crippen LogP contribution >= 0.6 is 23.2 Å². The Hall–Kier alpha value is -0.270. The standard InChI is InChI=1S/C7H5Cl2F/c1-4-2-5(8)6(9)3-7(4)10/h2-3H,1H3. The van der Waals surface area contributed by atoms with Crippen molar-refractivity contribution in [2.75, 3.05) is 0 Å². The topological polar surface area (TPSA) is 0 Å². The molecule has 54 valence electrons. The van der Waals surface area contributed by atoms with Crippen molar-refractivity contribution in [2.24, 2.45) is 0 Å². The number of aryl methyl sites for hydroxylation is 1. The van der Waals surface area contributed by atoms with E-state index in [4.69, 9.17) is 23.2 Å². The van der Waals surface area contributed by atoms with Crippen LogP contribution in [0.3, 0.4) is 0 Å². The summed E-state index contributed by atoms with van der Waals surface area (Å²) in [5.41, 5.74) is 0.509. The van der Waals surface area contributed by atoms with E-state index in [0.717, 1.165) is 0 Å². The van der Waals surface area contributed by atoms with Gasteiger partial charge in [-0.1, -0.05) is 23.2 Å². The van der Waals surface area contributed by atoms with E-state index < -0.39 is 0 Å². The van der Waals surface area contributed by atoms with Crippen LogP contribution < -0.4 is 0 Å². The normalized spacial score (nSPS) is 10.0. The van der Waals surface area contributed by atoms with Crippen molar-refractivity contribution < 1.29 is 4.39 Å². The van der Waals surface area contributed by atoms with Gasteiger partial charge in [0.1, 0.15) is 5.82 Å². The summed E-state index contributed by atoms with van der Waals surface area (Å²) >= 11 is 11.1. The van der Waals surface area contributed by atoms with E-state index in [1.165, 1.54) is 12.1 Å². The molecule has 0 heterocycles. The summed E-state index contributed by atoms with van der Waals surface area (Å²) < 4.78 is 12.6. The fourth-order valence-corrected chi connectivity index (χ4v) is 0.991. The predicted molar refractivity (Wildman–Crippen MR) is 41.2 cm³/mol. The lowest BCUT2D eigenvalue weighted by atomic mass is 10.2. The first-order chi connectivity index (χ1) is 4.61. The number of hydrogen-bond acceptors (Lipinski definition) is 0. The molecule has 0 aliphatic rings. The maximum atomic E-state index is 12.6. The Morgan fingerprint density at radius 2 is 1.70 bits per heavy atom. The van der Waals surface area contributed by atoms with Gasteiger partial charge in [-0.2, -0.15) is 0 Å². The third-order valence-electron chi connectivity index (χ3n) is 1.20. The molecule has 1 rings (SSSR count). The van der Waals surface area contributed by atoms with E-state index in [-0.39, 0.29) is 10.8 Å². The third kappa shape index (κ3) is 1.41. The van der Waals surface area contributed by atoms with E-state index in [0.29, 0.717) is 10.6 Å². The van der Waals surface area contributed by atoms with Gasteiger partial charge in [0.15, 0.2) is 0 Å². The largest absolute Gasteiger partial charge is 0.207 e. The van der Waals surface area contributed by atoms with Crippen LogP contribution in [0.1, 0.15) is 5.56 Å². The SMILES string of the molecule is Cc1cc(Cl)c(Cl)cc1F. The van der Waals surface area contributed by atoms with Crippen LogP contribution in [0, 0.1) is 12.7 Å². The van der Waals surface area contributed by atoms with Crippen LogP contribution in [-0.4, -0.2) is 0 Å². The predicted octanol–water partition coefficient (Wildman–Crippen LogP) is 3.44. The van der Waals surface area contributed by atoms with E-state index in [1.54, 1.807) is 6.92 Å². The first-order valence-electron chi connectivity index (χ1n) is 2.72. The fourth-order valence-electron chi connectivity index (χ4n) is 0.622. The third-order valence-corrected chi connectivity index (χ3v) is 1.92. The highest BCUT2D eigenvalue weighted by molar-refractivity contribution is 6.42. The smallest absolute Gasteiger partial charge is 0.127 e. The average molecular weight is 179 g/mol. The molecule has 0 radical (unpaired) electrons. The fraction of sp³-hybridized carbons (Fsp3) is 0.143. The highest BCUT2D eigenvalue weighted by Gasteiger charge is 2.01. The average Bonchev–Trinajstić information content (AvgIpc) is 1.84. The van der Waals surface area contributed by atoms with Crippen LogP contribution in [0.2, 0.25) is 10.0 Å². The molecule has 0 amide bonds. The molecule has 0 saturated heterocycles. The molecule has 0 bridgehead atoms. The summed E-state index contributed by atoms with van der Waals surface area (Å²) in [4.78, 5) is 0. The van der Waals surface area contributed by atoms with Crippen LogP contribution in [0.15, 0.2) is 12.1 Å². The number of benzene rings is 1. The summed E-state index contributed by atoms with van der Waals surface area (Å²) in [5.74, 6) is -0.325. The molecule has 3 heteroatoms. The lowest BCUT2D eigenvalue weighted by Gasteiger charge is -1.97. The van der Waals surface area contributed by atoms with Crippen molar-refractivity contribution in [3.63, 3.8) is 0 Å². The summed E-state index contributed by atoms with van der Waals surface area (Å²) in [5, 5.41) is 0.644. The molecule has 0 aliphatic carbocycles. The van der Waals surface area contributed by atoms with Crippen molar-refractivity contribution in [3.05, 3.63) is 33.6 Å². The van der Waals surface area contributed by atoms with Crippen LogP contribution in [0.5, 0.6) is 0 Å². The molecular formula is C7H5Cl2F. The Kier molecular flexibility index (Phi) is 2.17. The summed E-state index contributed by atoms with van der Waals surface area (Å²) in [6, 6.07) is 2.71. The monoisotopic (exact) mass is 178 g/mol. The van der Waals surface area contributed by atoms with Gasteiger partial charge in [-0.25, -0.2) is 4.39 Å². The van der Waals surface area contributed by atoms with Crippen molar-refractivity contribution in [1.82, 2.24) is 0 Å². The maximum absolute atomic E-state index is 12.6. The van der Waals surface area contributed by atoms with Gasteiger partial charge in [-0.05, 0) is 24.6 Å². The molecule has 0 unspecified atom stereocenters. The van der Waals surface area contributed by atoms with Gasteiger partial charge in [0.2, 0.25) is 0 Å². The minimum Gasteiger partial charge on any atom is -0.207 e. The highest BCUT2D eigenvalue weighted by atomic mass is 35.5. The molecule has 0 N–H and O–H groups in total. The summed E-state index contributed by atoms with van der Waals surface area (Å²) in [6.45, 7) is 1.64. The van der Waals surface area contributed by atoms with Crippen LogP contribution in [-0.2, 0) is 0 Å². The zero-order valence-electron chi connectivity index (χ0n) is 5.29. The molecule has 10 heavy (non-hydrogen) atoms. The van der Waals surface area contributed by atoms with Crippen molar-refractivity contribution >= 4 is 23.2 Å². The van der Waals surface area contributed by atoms with Crippen molar-refractivity contribution in [3.8, 4) is 0 Å². The molecule has 1 aromatic carbocycles.